The molecule has 6 heteroatoms. The molecule has 108 valence electrons. The zero-order chi connectivity index (χ0) is 14.1. The number of carbonyl (C=O) groups excluding carboxylic acids is 1. The van der Waals surface area contributed by atoms with Gasteiger partial charge in [-0.2, -0.15) is 11.8 Å². The highest BCUT2D eigenvalue weighted by molar-refractivity contribution is 9.10. The highest BCUT2D eigenvalue weighted by Gasteiger charge is 2.36. The fourth-order valence-corrected chi connectivity index (χ4v) is 4.06. The molecule has 1 amide bonds. The summed E-state index contributed by atoms with van der Waals surface area (Å²) >= 11 is 5.36. The first kappa shape index (κ1) is 14.2. The van der Waals surface area contributed by atoms with E-state index in [0.717, 1.165) is 53.5 Å². The normalized spacial score (nSPS) is 19.9. The zero-order valence-corrected chi connectivity index (χ0v) is 13.9. The van der Waals surface area contributed by atoms with Crippen LogP contribution >= 0.6 is 27.7 Å². The molecule has 3 heterocycles. The van der Waals surface area contributed by atoms with Crippen LogP contribution in [0.5, 0.6) is 0 Å². The fraction of sp³-hybridized carbons (Fsp3) is 0.571. The van der Waals surface area contributed by atoms with Crippen LogP contribution in [0.2, 0.25) is 0 Å². The Bertz CT molecular complexity index is 513. The third kappa shape index (κ3) is 2.81. The van der Waals surface area contributed by atoms with Crippen molar-refractivity contribution in [3.05, 3.63) is 22.3 Å². The summed E-state index contributed by atoms with van der Waals surface area (Å²) in [6.07, 6.45) is 1.82. The molecule has 3 rings (SSSR count). The van der Waals surface area contributed by atoms with E-state index < -0.39 is 0 Å². The Balaban J connectivity index is 1.59. The molecule has 1 aromatic heterocycles. The van der Waals surface area contributed by atoms with Crippen LogP contribution in [-0.4, -0.2) is 53.5 Å². The lowest BCUT2D eigenvalue weighted by atomic mass is 9.97. The van der Waals surface area contributed by atoms with Crippen LogP contribution in [0.25, 0.3) is 0 Å². The number of hydrogen-bond donors (Lipinski definition) is 0. The summed E-state index contributed by atoms with van der Waals surface area (Å²) in [5, 5.41) is 0. The van der Waals surface area contributed by atoms with Crippen LogP contribution in [0.3, 0.4) is 0 Å². The topological polar surface area (TPSA) is 36.4 Å². The molecular formula is C14H18BrN3OS. The third-order valence-corrected chi connectivity index (χ3v) is 5.25. The summed E-state index contributed by atoms with van der Waals surface area (Å²) in [4.78, 5) is 21.0. The minimum Gasteiger partial charge on any atom is -0.355 e. The maximum absolute atomic E-state index is 12.4. The maximum Gasteiger partial charge on any atom is 0.229 e. The first-order valence-electron chi connectivity index (χ1n) is 6.89. The minimum absolute atomic E-state index is 0.156. The number of aromatic nitrogens is 1. The second-order valence-corrected chi connectivity index (χ2v) is 7.47. The lowest BCUT2D eigenvalue weighted by Crippen LogP contribution is -2.56. The van der Waals surface area contributed by atoms with Crippen molar-refractivity contribution in [2.24, 2.45) is 5.92 Å². The van der Waals surface area contributed by atoms with E-state index in [1.54, 1.807) is 0 Å². The van der Waals surface area contributed by atoms with E-state index in [2.05, 4.69) is 38.8 Å². The van der Waals surface area contributed by atoms with Gasteiger partial charge in [0.05, 0.1) is 5.92 Å². The molecule has 2 aliphatic heterocycles. The smallest absolute Gasteiger partial charge is 0.229 e. The molecule has 0 atom stereocenters. The fourth-order valence-electron chi connectivity index (χ4n) is 2.71. The molecule has 2 saturated heterocycles. The first-order chi connectivity index (χ1) is 9.65. The van der Waals surface area contributed by atoms with Gasteiger partial charge >= 0.3 is 0 Å². The maximum atomic E-state index is 12.4. The second kappa shape index (κ2) is 5.93. The Morgan fingerprint density at radius 2 is 2.10 bits per heavy atom. The van der Waals surface area contributed by atoms with Crippen molar-refractivity contribution in [1.29, 1.82) is 0 Å². The molecule has 0 unspecified atom stereocenters. The first-order valence-corrected chi connectivity index (χ1v) is 8.83. The molecule has 1 aromatic rings. The summed E-state index contributed by atoms with van der Waals surface area (Å²) < 4.78 is 0.998. The van der Waals surface area contributed by atoms with Crippen LogP contribution in [0, 0.1) is 12.8 Å². The highest BCUT2D eigenvalue weighted by Crippen LogP contribution is 2.28. The van der Waals surface area contributed by atoms with Gasteiger partial charge in [-0.05, 0) is 34.5 Å². The number of carbonyl (C=O) groups is 1. The molecule has 2 aliphatic rings. The van der Waals surface area contributed by atoms with Crippen LogP contribution in [0.4, 0.5) is 5.82 Å². The predicted molar refractivity (Wildman–Crippen MR) is 86.3 cm³/mol. The van der Waals surface area contributed by atoms with Crippen molar-refractivity contribution < 1.29 is 4.79 Å². The van der Waals surface area contributed by atoms with Crippen LogP contribution in [0.1, 0.15) is 5.56 Å². The van der Waals surface area contributed by atoms with Crippen LogP contribution in [-0.2, 0) is 4.79 Å². The summed E-state index contributed by atoms with van der Waals surface area (Å²) in [6.45, 7) is 5.49. The van der Waals surface area contributed by atoms with Gasteiger partial charge in [-0.1, -0.05) is 0 Å². The van der Waals surface area contributed by atoms with E-state index >= 15 is 0 Å². The number of nitrogens with zero attached hydrogens (tertiary/aromatic N) is 3. The van der Waals surface area contributed by atoms with E-state index in [9.17, 15) is 4.79 Å². The molecule has 0 radical (unpaired) electrons. The van der Waals surface area contributed by atoms with Crippen molar-refractivity contribution in [3.8, 4) is 0 Å². The molecule has 0 N–H and O–H groups in total. The summed E-state index contributed by atoms with van der Waals surface area (Å²) in [6, 6.07) is 2.07. The summed E-state index contributed by atoms with van der Waals surface area (Å²) in [7, 11) is 0. The van der Waals surface area contributed by atoms with E-state index in [0.29, 0.717) is 5.91 Å². The van der Waals surface area contributed by atoms with Crippen molar-refractivity contribution >= 4 is 39.4 Å². The number of thioether (sulfide) groups is 1. The molecule has 0 saturated carbocycles. The Labute approximate surface area is 132 Å². The van der Waals surface area contributed by atoms with Crippen LogP contribution in [0.15, 0.2) is 16.7 Å². The second-order valence-electron chi connectivity index (χ2n) is 5.33. The van der Waals surface area contributed by atoms with Gasteiger partial charge in [-0.15, -0.1) is 0 Å². The van der Waals surface area contributed by atoms with Crippen LogP contribution < -0.4 is 4.90 Å². The quantitative estimate of drug-likeness (QED) is 0.814. The average Bonchev–Trinajstić information content (AvgIpc) is 2.40. The van der Waals surface area contributed by atoms with Gasteiger partial charge in [-0.3, -0.25) is 4.79 Å². The molecule has 20 heavy (non-hydrogen) atoms. The van der Waals surface area contributed by atoms with Gasteiger partial charge < -0.3 is 9.80 Å². The van der Waals surface area contributed by atoms with Crippen molar-refractivity contribution in [2.75, 3.05) is 42.6 Å². The van der Waals surface area contributed by atoms with Gasteiger partial charge in [0.25, 0.3) is 0 Å². The lowest BCUT2D eigenvalue weighted by molar-refractivity contribution is -0.135. The third-order valence-electron chi connectivity index (χ3n) is 3.87. The summed E-state index contributed by atoms with van der Waals surface area (Å²) in [5.41, 5.74) is 1.15. The molecular weight excluding hydrogens is 338 g/mol. The van der Waals surface area contributed by atoms with E-state index in [-0.39, 0.29) is 5.92 Å². The van der Waals surface area contributed by atoms with Gasteiger partial charge in [-0.25, -0.2) is 4.98 Å². The number of rotatable bonds is 2. The van der Waals surface area contributed by atoms with E-state index in [1.165, 1.54) is 0 Å². The van der Waals surface area contributed by atoms with Gasteiger partial charge in [0.1, 0.15) is 5.82 Å². The Morgan fingerprint density at radius 3 is 2.75 bits per heavy atom. The Morgan fingerprint density at radius 1 is 1.40 bits per heavy atom. The number of aryl methyl sites for hydroxylation is 1. The minimum atomic E-state index is 0.156. The lowest BCUT2D eigenvalue weighted by Gasteiger charge is -2.42. The van der Waals surface area contributed by atoms with Gasteiger partial charge in [0.15, 0.2) is 0 Å². The molecule has 0 spiro atoms. The average molecular weight is 356 g/mol. The number of hydrogen-bond acceptors (Lipinski definition) is 4. The van der Waals surface area contributed by atoms with Crippen molar-refractivity contribution in [1.82, 2.24) is 9.88 Å². The Hall–Kier alpha value is -0.750. The zero-order valence-electron chi connectivity index (χ0n) is 11.5. The molecule has 2 fully saturated rings. The number of pyridine rings is 1. The van der Waals surface area contributed by atoms with E-state index in [4.69, 9.17) is 0 Å². The van der Waals surface area contributed by atoms with Crippen molar-refractivity contribution in [2.45, 2.75) is 6.92 Å². The Kier molecular flexibility index (Phi) is 4.21. The SMILES string of the molecule is Cc1cc(Br)cnc1N1CC(C(=O)N2CCSCC2)C1. The largest absolute Gasteiger partial charge is 0.355 e. The number of halogens is 1. The monoisotopic (exact) mass is 355 g/mol. The number of anilines is 1. The van der Waals surface area contributed by atoms with Crippen molar-refractivity contribution in [3.63, 3.8) is 0 Å². The molecule has 0 aliphatic carbocycles. The standard InChI is InChI=1S/C14H18BrN3OS/c1-10-6-12(15)7-16-13(10)18-8-11(9-18)14(19)17-2-4-20-5-3-17/h6-7,11H,2-5,8-9H2,1H3. The predicted octanol–water partition coefficient (Wildman–Crippen LogP) is 2.16. The number of amides is 1. The van der Waals surface area contributed by atoms with E-state index in [1.807, 2.05) is 22.9 Å². The molecule has 0 bridgehead atoms. The summed E-state index contributed by atoms with van der Waals surface area (Å²) in [5.74, 6) is 3.65. The van der Waals surface area contributed by atoms with Gasteiger partial charge in [0.2, 0.25) is 5.91 Å². The molecule has 0 aromatic carbocycles. The highest BCUT2D eigenvalue weighted by atomic mass is 79.9. The van der Waals surface area contributed by atoms with Gasteiger partial charge in [0, 0.05) is 48.4 Å². The molecule has 4 nitrogen and oxygen atoms in total.